The van der Waals surface area contributed by atoms with Crippen LogP contribution in [-0.2, 0) is 0 Å². The van der Waals surface area contributed by atoms with Crippen molar-refractivity contribution >= 4 is 50.8 Å². The predicted molar refractivity (Wildman–Crippen MR) is 187 cm³/mol. The Morgan fingerprint density at radius 3 is 1.21 bits per heavy atom. The molecule has 0 heterocycles. The highest BCUT2D eigenvalue weighted by atomic mass is 31.2. The van der Waals surface area contributed by atoms with E-state index in [0.29, 0.717) is 24.2 Å². The van der Waals surface area contributed by atoms with Crippen LogP contribution in [0.2, 0.25) is 39.3 Å². The van der Waals surface area contributed by atoms with Gasteiger partial charge in [-0.05, 0) is 62.7 Å². The molecule has 1 atom stereocenters. The van der Waals surface area contributed by atoms with Gasteiger partial charge in [0.25, 0.3) is 0 Å². The maximum atomic E-state index is 4.70. The first kappa shape index (κ1) is 33.4. The van der Waals surface area contributed by atoms with Crippen molar-refractivity contribution in [2.24, 2.45) is 0 Å². The summed E-state index contributed by atoms with van der Waals surface area (Å²) in [6, 6.07) is 24.5. The van der Waals surface area contributed by atoms with E-state index >= 15 is 0 Å². The van der Waals surface area contributed by atoms with Crippen molar-refractivity contribution in [3.05, 3.63) is 60.7 Å². The normalized spacial score (nSPS) is 13.7. The molecule has 0 saturated carbocycles. The molecule has 0 bridgehead atoms. The van der Waals surface area contributed by atoms with Crippen LogP contribution in [0.4, 0.5) is 0 Å². The zero-order valence-electron chi connectivity index (χ0n) is 26.9. The van der Waals surface area contributed by atoms with Gasteiger partial charge in [0, 0.05) is 34.8 Å². The van der Waals surface area contributed by atoms with Gasteiger partial charge in [0.05, 0.1) is 23.2 Å². The molecule has 0 spiro atoms. The molecule has 2 aromatic carbocycles. The lowest BCUT2D eigenvalue weighted by Crippen LogP contribution is -2.50. The Kier molecular flexibility index (Phi) is 11.6. The number of hydrogen-bond acceptors (Lipinski definition) is 2. The van der Waals surface area contributed by atoms with Gasteiger partial charge in [0.15, 0.2) is 0 Å². The molecule has 0 aromatic heterocycles. The van der Waals surface area contributed by atoms with Crippen molar-refractivity contribution in [3.63, 3.8) is 0 Å². The van der Waals surface area contributed by atoms with Gasteiger partial charge in [-0.1, -0.05) is 110 Å². The third-order valence-corrected chi connectivity index (χ3v) is 26.9. The van der Waals surface area contributed by atoms with Crippen LogP contribution in [0.1, 0.15) is 55.4 Å². The monoisotopic (exact) mass is 586 g/mol. The van der Waals surface area contributed by atoms with Crippen LogP contribution in [0.15, 0.2) is 60.7 Å². The third-order valence-electron chi connectivity index (χ3n) is 6.83. The first-order chi connectivity index (χ1) is 17.5. The van der Waals surface area contributed by atoms with Crippen molar-refractivity contribution in [1.82, 2.24) is 9.34 Å². The average Bonchev–Trinajstić information content (AvgIpc) is 2.76. The average molecular weight is 587 g/mol. The van der Waals surface area contributed by atoms with Gasteiger partial charge in [-0.2, -0.15) is 0 Å². The SMILES string of the molecule is CC(C)N(C(C)C)P(=C=P(c1ccccc1)(c1ccccc1)N(C(C)C)C(C)C)=C([Si](C)(C)C)[Si](C)(C)C. The molecule has 38 heavy (non-hydrogen) atoms. The highest BCUT2D eigenvalue weighted by molar-refractivity contribution is 7.92. The van der Waals surface area contributed by atoms with Crippen molar-refractivity contribution in [2.75, 3.05) is 0 Å². The Morgan fingerprint density at radius 2 is 0.947 bits per heavy atom. The molecule has 2 rings (SSSR count). The minimum Gasteiger partial charge on any atom is -0.265 e. The van der Waals surface area contributed by atoms with Crippen molar-refractivity contribution in [1.29, 1.82) is 0 Å². The molecule has 0 aliphatic carbocycles. The van der Waals surface area contributed by atoms with E-state index in [4.69, 9.17) is 5.17 Å². The lowest BCUT2D eigenvalue weighted by molar-refractivity contribution is 0.326. The number of benzene rings is 2. The van der Waals surface area contributed by atoms with Gasteiger partial charge in [-0.3, -0.25) is 9.34 Å². The minimum absolute atomic E-state index is 0.391. The minimum atomic E-state index is -2.21. The zero-order chi connectivity index (χ0) is 29.1. The summed E-state index contributed by atoms with van der Waals surface area (Å²) in [5.74, 6) is 0. The first-order valence-electron chi connectivity index (χ1n) is 14.5. The highest BCUT2D eigenvalue weighted by Crippen LogP contribution is 2.52. The number of hydrogen-bond donors (Lipinski definition) is 0. The van der Waals surface area contributed by atoms with E-state index in [9.17, 15) is 0 Å². The zero-order valence-corrected chi connectivity index (χ0v) is 30.7. The second-order valence-electron chi connectivity index (χ2n) is 13.7. The first-order valence-corrected chi connectivity index (χ1v) is 24.5. The summed E-state index contributed by atoms with van der Waals surface area (Å²) in [5, 5.41) is 7.56. The summed E-state index contributed by atoms with van der Waals surface area (Å²) < 4.78 is 7.57. The predicted octanol–water partition coefficient (Wildman–Crippen LogP) is 8.77. The lowest BCUT2D eigenvalue weighted by Gasteiger charge is -2.44. The number of rotatable bonds is 10. The molecule has 2 aromatic rings. The van der Waals surface area contributed by atoms with Crippen LogP contribution < -0.4 is 10.6 Å². The Balaban J connectivity index is 3.66. The van der Waals surface area contributed by atoms with Gasteiger partial charge < -0.3 is 0 Å². The maximum absolute atomic E-state index is 4.70. The largest absolute Gasteiger partial charge is 0.265 e. The van der Waals surface area contributed by atoms with Gasteiger partial charge in [0.1, 0.15) is 0 Å². The summed E-state index contributed by atoms with van der Waals surface area (Å²) >= 11 is 0. The van der Waals surface area contributed by atoms with E-state index in [0.717, 1.165) is 0 Å². The topological polar surface area (TPSA) is 6.48 Å². The smallest absolute Gasteiger partial charge is 0.0750 e. The summed E-state index contributed by atoms with van der Waals surface area (Å²) in [4.78, 5) is 0. The van der Waals surface area contributed by atoms with Crippen LogP contribution in [0.25, 0.3) is 0 Å². The fourth-order valence-corrected chi connectivity index (χ4v) is 29.8. The molecule has 6 heteroatoms. The van der Waals surface area contributed by atoms with E-state index in [1.165, 1.54) is 10.6 Å². The quantitative estimate of drug-likeness (QED) is 0.203. The van der Waals surface area contributed by atoms with E-state index in [1.807, 2.05) is 4.54 Å². The standard InChI is InChI=1S/C32H56N2P2Si2/c1-26(2)33(27(3)4)35(32(37(9,10)11)38(12,13)14)25-36(30-21-17-15-18-22-30,31-23-19-16-20-24-31)34(28(5)6)29(7)8/h15-24,26-29H,1-14H3. The van der Waals surface area contributed by atoms with Gasteiger partial charge in [-0.25, -0.2) is 0 Å². The molecule has 0 fully saturated rings. The summed E-state index contributed by atoms with van der Waals surface area (Å²) in [5.41, 5.74) is 0. The van der Waals surface area contributed by atoms with Crippen LogP contribution in [0, 0.1) is 0 Å². The molecule has 0 aliphatic heterocycles. The van der Waals surface area contributed by atoms with Crippen LogP contribution in [0.5, 0.6) is 0 Å². The van der Waals surface area contributed by atoms with Crippen molar-refractivity contribution in [2.45, 2.75) is 119 Å². The van der Waals surface area contributed by atoms with Crippen LogP contribution in [0.3, 0.4) is 0 Å². The molecular weight excluding hydrogens is 530 g/mol. The second kappa shape index (κ2) is 13.2. The summed E-state index contributed by atoms with van der Waals surface area (Å²) in [6.45, 7) is 34.7. The van der Waals surface area contributed by atoms with E-state index in [-0.39, 0.29) is 0 Å². The molecule has 212 valence electrons. The fraction of sp³-hybridized carbons (Fsp3) is 0.562. The van der Waals surface area contributed by atoms with Crippen molar-refractivity contribution < 1.29 is 0 Å². The van der Waals surface area contributed by atoms with Crippen LogP contribution >= 0.6 is 14.4 Å². The fourth-order valence-electron chi connectivity index (χ4n) is 6.33. The molecule has 1 unspecified atom stereocenters. The van der Waals surface area contributed by atoms with Crippen LogP contribution in [-0.4, -0.2) is 59.4 Å². The summed E-state index contributed by atoms with van der Waals surface area (Å²) in [7, 11) is -6.20. The Hall–Kier alpha value is -0.826. The van der Waals surface area contributed by atoms with Crippen molar-refractivity contribution in [3.8, 4) is 0 Å². The highest BCUT2D eigenvalue weighted by Gasteiger charge is 2.37. The molecule has 0 amide bonds. The molecule has 0 aliphatic rings. The van der Waals surface area contributed by atoms with Gasteiger partial charge >= 0.3 is 0 Å². The second-order valence-corrected chi connectivity index (χ2v) is 30.1. The Bertz CT molecular complexity index is 1120. The molecule has 0 radical (unpaired) electrons. The van der Waals surface area contributed by atoms with Gasteiger partial charge in [-0.15, -0.1) is 0 Å². The number of nitrogens with zero attached hydrogens (tertiary/aromatic N) is 2. The van der Waals surface area contributed by atoms with E-state index in [2.05, 4.69) is 165 Å². The summed E-state index contributed by atoms with van der Waals surface area (Å²) in [6.07, 6.45) is 0. The maximum Gasteiger partial charge on any atom is 0.0750 e. The van der Waals surface area contributed by atoms with Gasteiger partial charge in [0.2, 0.25) is 0 Å². The third kappa shape index (κ3) is 7.47. The molecule has 0 N–H and O–H groups in total. The Morgan fingerprint density at radius 1 is 0.605 bits per heavy atom. The molecule has 0 saturated heterocycles. The molecule has 2 nitrogen and oxygen atoms in total. The lowest BCUT2D eigenvalue weighted by atomic mass is 10.3. The van der Waals surface area contributed by atoms with E-state index < -0.39 is 30.5 Å². The Labute approximate surface area is 239 Å². The molecular formula is C32H56N2P2Si2. The van der Waals surface area contributed by atoms with E-state index in [1.54, 1.807) is 0 Å².